The summed E-state index contributed by atoms with van der Waals surface area (Å²) in [4.78, 5) is 13.6. The Hall–Kier alpha value is -0.960. The lowest BCUT2D eigenvalue weighted by molar-refractivity contribution is 0.0950. The molecule has 3 nitrogen and oxygen atoms in total. The van der Waals surface area contributed by atoms with Gasteiger partial charge in [-0.25, -0.2) is 0 Å². The summed E-state index contributed by atoms with van der Waals surface area (Å²) >= 11 is 3.43. The van der Waals surface area contributed by atoms with Gasteiger partial charge in [-0.2, -0.15) is 11.8 Å². The summed E-state index contributed by atoms with van der Waals surface area (Å²) in [6.07, 6.45) is 2.42. The van der Waals surface area contributed by atoms with Crippen molar-refractivity contribution >= 4 is 29.0 Å². The van der Waals surface area contributed by atoms with Gasteiger partial charge in [-0.15, -0.1) is 11.3 Å². The van der Waals surface area contributed by atoms with E-state index in [0.717, 1.165) is 16.3 Å². The summed E-state index contributed by atoms with van der Waals surface area (Å²) < 4.78 is 0. The molecule has 102 valence electrons. The summed E-state index contributed by atoms with van der Waals surface area (Å²) in [7, 11) is 0. The third-order valence-electron chi connectivity index (χ3n) is 3.04. The third kappa shape index (κ3) is 4.57. The smallest absolute Gasteiger partial charge is 0.261 e. The van der Waals surface area contributed by atoms with E-state index in [0.29, 0.717) is 12.5 Å². The predicted molar refractivity (Wildman–Crippen MR) is 82.6 cm³/mol. The van der Waals surface area contributed by atoms with E-state index in [9.17, 15) is 4.79 Å². The topological polar surface area (TPSA) is 55.1 Å². The normalized spacial score (nSPS) is 15.6. The molecule has 2 rings (SSSR count). The van der Waals surface area contributed by atoms with Crippen molar-refractivity contribution < 1.29 is 4.79 Å². The molecule has 1 amide bonds. The molecule has 0 unspecified atom stereocenters. The van der Waals surface area contributed by atoms with E-state index in [2.05, 4.69) is 17.2 Å². The Morgan fingerprint density at radius 1 is 1.42 bits per heavy atom. The Balaban J connectivity index is 1.83. The highest BCUT2D eigenvalue weighted by Crippen LogP contribution is 2.22. The number of nitrogens with two attached hydrogens (primary N) is 1. The minimum Gasteiger partial charge on any atom is -0.351 e. The molecule has 1 saturated heterocycles. The molecule has 3 N–H and O–H groups in total. The number of thiophene rings is 1. The second kappa shape index (κ2) is 7.59. The summed E-state index contributed by atoms with van der Waals surface area (Å²) in [5.41, 5.74) is 5.32. The molecule has 0 atom stereocenters. The van der Waals surface area contributed by atoms with E-state index in [-0.39, 0.29) is 5.91 Å². The second-order valence-corrected chi connectivity index (χ2v) is 6.74. The average Bonchev–Trinajstić information content (AvgIpc) is 2.92. The average molecular weight is 294 g/mol. The second-order valence-electron chi connectivity index (χ2n) is 4.44. The summed E-state index contributed by atoms with van der Waals surface area (Å²) in [6, 6.07) is 3.71. The molecule has 0 aliphatic carbocycles. The zero-order chi connectivity index (χ0) is 13.5. The van der Waals surface area contributed by atoms with Gasteiger partial charge in [0.1, 0.15) is 0 Å². The van der Waals surface area contributed by atoms with Gasteiger partial charge in [0.2, 0.25) is 0 Å². The minimum absolute atomic E-state index is 0.0176. The van der Waals surface area contributed by atoms with Crippen LogP contribution in [0.5, 0.6) is 0 Å². The molecule has 1 aromatic heterocycles. The molecule has 0 radical (unpaired) electrons. The van der Waals surface area contributed by atoms with E-state index >= 15 is 0 Å². The van der Waals surface area contributed by atoms with E-state index in [1.807, 2.05) is 23.9 Å². The predicted octanol–water partition coefficient (Wildman–Crippen LogP) is 1.93. The standard InChI is InChI=1S/C14H18N2OS2/c15-7-1-2-12-3-4-13(19-12)14(17)16-10-11-5-8-18-9-6-11/h3-4,11H,5-10,15H2,(H,16,17). The van der Waals surface area contributed by atoms with Crippen LogP contribution in [-0.2, 0) is 0 Å². The number of thioether (sulfide) groups is 1. The fraction of sp³-hybridized carbons (Fsp3) is 0.500. The number of hydrogen-bond donors (Lipinski definition) is 2. The molecule has 5 heteroatoms. The van der Waals surface area contributed by atoms with Crippen LogP contribution >= 0.6 is 23.1 Å². The molecule has 1 aromatic rings. The number of carbonyl (C=O) groups excluding carboxylic acids is 1. The Morgan fingerprint density at radius 2 is 2.21 bits per heavy atom. The van der Waals surface area contributed by atoms with Gasteiger partial charge in [-0.1, -0.05) is 11.8 Å². The largest absolute Gasteiger partial charge is 0.351 e. The summed E-state index contributed by atoms with van der Waals surface area (Å²) in [6.45, 7) is 1.14. The number of nitrogens with one attached hydrogen (secondary N) is 1. The first-order valence-corrected chi connectivity index (χ1v) is 8.41. The number of amides is 1. The van der Waals surface area contributed by atoms with Crippen molar-refractivity contribution in [1.29, 1.82) is 0 Å². The molecule has 0 aromatic carbocycles. The van der Waals surface area contributed by atoms with Crippen molar-refractivity contribution in [3.8, 4) is 11.8 Å². The van der Waals surface area contributed by atoms with Crippen LogP contribution in [0.1, 0.15) is 27.4 Å². The van der Waals surface area contributed by atoms with Crippen LogP contribution in [0.4, 0.5) is 0 Å². The van der Waals surface area contributed by atoms with E-state index < -0.39 is 0 Å². The lowest BCUT2D eigenvalue weighted by atomic mass is 10.0. The molecule has 0 saturated carbocycles. The minimum atomic E-state index is 0.0176. The lowest BCUT2D eigenvalue weighted by Crippen LogP contribution is -2.30. The molecule has 1 aliphatic heterocycles. The molecule has 2 heterocycles. The fourth-order valence-electron chi connectivity index (χ4n) is 1.94. The fourth-order valence-corrected chi connectivity index (χ4v) is 3.94. The van der Waals surface area contributed by atoms with Crippen molar-refractivity contribution in [2.24, 2.45) is 11.7 Å². The van der Waals surface area contributed by atoms with Crippen LogP contribution in [0.15, 0.2) is 12.1 Å². The number of carbonyl (C=O) groups is 1. The molecular weight excluding hydrogens is 276 g/mol. The van der Waals surface area contributed by atoms with Crippen molar-refractivity contribution in [1.82, 2.24) is 5.32 Å². The van der Waals surface area contributed by atoms with Gasteiger partial charge in [-0.3, -0.25) is 4.79 Å². The highest BCUT2D eigenvalue weighted by Gasteiger charge is 2.15. The molecule has 1 aliphatic rings. The van der Waals surface area contributed by atoms with Crippen LogP contribution in [0, 0.1) is 17.8 Å². The van der Waals surface area contributed by atoms with Gasteiger partial charge in [0.05, 0.1) is 16.3 Å². The van der Waals surface area contributed by atoms with Gasteiger partial charge in [0, 0.05) is 6.54 Å². The summed E-state index contributed by atoms with van der Waals surface area (Å²) in [5, 5.41) is 3.03. The zero-order valence-electron chi connectivity index (χ0n) is 10.8. The first-order chi connectivity index (χ1) is 9.29. The van der Waals surface area contributed by atoms with Crippen LogP contribution in [-0.4, -0.2) is 30.5 Å². The number of hydrogen-bond acceptors (Lipinski definition) is 4. The van der Waals surface area contributed by atoms with Gasteiger partial charge >= 0.3 is 0 Å². The molecule has 0 spiro atoms. The molecule has 19 heavy (non-hydrogen) atoms. The maximum absolute atomic E-state index is 12.0. The van der Waals surface area contributed by atoms with Crippen molar-refractivity contribution in [2.75, 3.05) is 24.6 Å². The van der Waals surface area contributed by atoms with Gasteiger partial charge in [0.15, 0.2) is 0 Å². The van der Waals surface area contributed by atoms with Crippen LogP contribution < -0.4 is 11.1 Å². The Bertz CT molecular complexity index is 481. The quantitative estimate of drug-likeness (QED) is 0.838. The van der Waals surface area contributed by atoms with Crippen molar-refractivity contribution in [2.45, 2.75) is 12.8 Å². The van der Waals surface area contributed by atoms with Crippen molar-refractivity contribution in [3.63, 3.8) is 0 Å². The van der Waals surface area contributed by atoms with Gasteiger partial charge in [0.25, 0.3) is 5.91 Å². The monoisotopic (exact) mass is 294 g/mol. The Labute approximate surface area is 122 Å². The van der Waals surface area contributed by atoms with E-state index in [1.54, 1.807) is 0 Å². The Morgan fingerprint density at radius 3 is 2.95 bits per heavy atom. The van der Waals surface area contributed by atoms with Crippen LogP contribution in [0.2, 0.25) is 0 Å². The highest BCUT2D eigenvalue weighted by atomic mass is 32.2. The van der Waals surface area contributed by atoms with Crippen LogP contribution in [0.25, 0.3) is 0 Å². The van der Waals surface area contributed by atoms with E-state index in [1.165, 1.54) is 35.7 Å². The maximum atomic E-state index is 12.0. The molecular formula is C14H18N2OS2. The number of rotatable bonds is 3. The lowest BCUT2D eigenvalue weighted by Gasteiger charge is -2.21. The zero-order valence-corrected chi connectivity index (χ0v) is 12.4. The summed E-state index contributed by atoms with van der Waals surface area (Å²) in [5.74, 6) is 8.84. The first-order valence-electron chi connectivity index (χ1n) is 6.44. The maximum Gasteiger partial charge on any atom is 0.261 e. The van der Waals surface area contributed by atoms with E-state index in [4.69, 9.17) is 5.73 Å². The van der Waals surface area contributed by atoms with Gasteiger partial charge < -0.3 is 11.1 Å². The third-order valence-corrected chi connectivity index (χ3v) is 5.08. The Kier molecular flexibility index (Phi) is 5.77. The highest BCUT2D eigenvalue weighted by molar-refractivity contribution is 7.99. The van der Waals surface area contributed by atoms with Crippen molar-refractivity contribution in [3.05, 3.63) is 21.9 Å². The molecule has 0 bridgehead atoms. The molecule has 1 fully saturated rings. The van der Waals surface area contributed by atoms with Gasteiger partial charge in [-0.05, 0) is 42.4 Å². The van der Waals surface area contributed by atoms with Crippen LogP contribution in [0.3, 0.4) is 0 Å². The SMILES string of the molecule is NCC#Cc1ccc(C(=O)NCC2CCSCC2)s1. The first kappa shape index (κ1) is 14.4.